The second kappa shape index (κ2) is 10.3. The largest absolute Gasteiger partial charge is 0.455 e. The molecule has 0 radical (unpaired) electrons. The predicted octanol–water partition coefficient (Wildman–Crippen LogP) is 3.75. The summed E-state index contributed by atoms with van der Waals surface area (Å²) in [7, 11) is 0. The first-order chi connectivity index (χ1) is 12.0. The maximum atomic E-state index is 11.7. The molecule has 2 rings (SSSR count). The molecule has 25 heavy (non-hydrogen) atoms. The van der Waals surface area contributed by atoms with Crippen LogP contribution >= 0.6 is 27.7 Å². The third kappa shape index (κ3) is 7.32. The number of hydrogen-bond acceptors (Lipinski definition) is 4. The van der Waals surface area contributed by atoms with Gasteiger partial charge in [-0.2, -0.15) is 0 Å². The molecule has 0 saturated carbocycles. The van der Waals surface area contributed by atoms with Crippen molar-refractivity contribution in [2.45, 2.75) is 18.2 Å². The number of halogens is 1. The van der Waals surface area contributed by atoms with Crippen LogP contribution in [0.3, 0.4) is 0 Å². The summed E-state index contributed by atoms with van der Waals surface area (Å²) in [5, 5.41) is 2.77. The van der Waals surface area contributed by atoms with Crippen molar-refractivity contribution in [3.8, 4) is 0 Å². The van der Waals surface area contributed by atoms with Gasteiger partial charge in [0.1, 0.15) is 0 Å². The van der Waals surface area contributed by atoms with Gasteiger partial charge in [0.25, 0.3) is 5.91 Å². The molecule has 1 N–H and O–H groups in total. The summed E-state index contributed by atoms with van der Waals surface area (Å²) in [5.41, 5.74) is 2.40. The third-order valence-electron chi connectivity index (χ3n) is 3.51. The molecule has 0 fully saturated rings. The topological polar surface area (TPSA) is 55.4 Å². The van der Waals surface area contributed by atoms with Crippen molar-refractivity contribution >= 4 is 39.6 Å². The summed E-state index contributed by atoms with van der Waals surface area (Å²) < 4.78 is 5.98. The first kappa shape index (κ1) is 19.5. The minimum absolute atomic E-state index is 0.179. The summed E-state index contributed by atoms with van der Waals surface area (Å²) in [6.45, 7) is 2.32. The van der Waals surface area contributed by atoms with Crippen molar-refractivity contribution < 1.29 is 14.3 Å². The summed E-state index contributed by atoms with van der Waals surface area (Å²) in [6.07, 6.45) is 0.756. The maximum absolute atomic E-state index is 11.7. The normalized spacial score (nSPS) is 10.3. The fourth-order valence-electron chi connectivity index (χ4n) is 2.14. The Morgan fingerprint density at radius 2 is 1.84 bits per heavy atom. The molecule has 0 aliphatic rings. The van der Waals surface area contributed by atoms with E-state index in [-0.39, 0.29) is 18.3 Å². The smallest absolute Gasteiger partial charge is 0.316 e. The lowest BCUT2D eigenvalue weighted by Crippen LogP contribution is -2.30. The molecule has 0 aliphatic carbocycles. The van der Waals surface area contributed by atoms with Crippen molar-refractivity contribution in [3.63, 3.8) is 0 Å². The number of benzene rings is 2. The fraction of sp³-hybridized carbons (Fsp3) is 0.263. The molecule has 4 nitrogen and oxygen atoms in total. The average Bonchev–Trinajstić information content (AvgIpc) is 2.61. The zero-order valence-electron chi connectivity index (χ0n) is 14.0. The Morgan fingerprint density at radius 1 is 1.12 bits per heavy atom. The van der Waals surface area contributed by atoms with Crippen LogP contribution in [0.5, 0.6) is 0 Å². The Balaban J connectivity index is 1.61. The highest BCUT2D eigenvalue weighted by molar-refractivity contribution is 9.10. The highest BCUT2D eigenvalue weighted by Gasteiger charge is 2.08. The lowest BCUT2D eigenvalue weighted by Gasteiger charge is -2.08. The standard InChI is InChI=1S/C19H20BrNO3S/c1-14-4-2-3-5-15(14)10-11-21-18(22)12-24-19(23)13-25-17-8-6-16(20)7-9-17/h2-9H,10-13H2,1H3,(H,21,22). The number of carbonyl (C=O) groups excluding carboxylic acids is 2. The maximum Gasteiger partial charge on any atom is 0.316 e. The monoisotopic (exact) mass is 421 g/mol. The van der Waals surface area contributed by atoms with E-state index >= 15 is 0 Å². The summed E-state index contributed by atoms with van der Waals surface area (Å²) in [4.78, 5) is 24.4. The lowest BCUT2D eigenvalue weighted by atomic mass is 10.1. The molecule has 6 heteroatoms. The lowest BCUT2D eigenvalue weighted by molar-refractivity contribution is -0.145. The molecule has 1 amide bonds. The van der Waals surface area contributed by atoms with Crippen LogP contribution in [0.25, 0.3) is 0 Å². The van der Waals surface area contributed by atoms with Gasteiger partial charge in [-0.25, -0.2) is 0 Å². The zero-order valence-corrected chi connectivity index (χ0v) is 16.4. The third-order valence-corrected chi connectivity index (χ3v) is 5.03. The molecular weight excluding hydrogens is 402 g/mol. The Morgan fingerprint density at radius 3 is 2.56 bits per heavy atom. The van der Waals surface area contributed by atoms with Gasteiger partial charge in [0, 0.05) is 15.9 Å². The first-order valence-corrected chi connectivity index (χ1v) is 9.67. The fourth-order valence-corrected chi connectivity index (χ4v) is 3.10. The molecule has 2 aromatic rings. The molecule has 0 aromatic heterocycles. The van der Waals surface area contributed by atoms with Crippen LogP contribution in [0.4, 0.5) is 0 Å². The van der Waals surface area contributed by atoms with E-state index in [9.17, 15) is 9.59 Å². The Kier molecular flexibility index (Phi) is 8.01. The second-order valence-corrected chi connectivity index (χ2v) is 7.39. The van der Waals surface area contributed by atoms with Gasteiger partial charge in [0.15, 0.2) is 6.61 Å². The SMILES string of the molecule is Cc1ccccc1CCNC(=O)COC(=O)CSc1ccc(Br)cc1. The Labute approximate surface area is 160 Å². The van der Waals surface area contributed by atoms with Gasteiger partial charge in [-0.15, -0.1) is 11.8 Å². The number of hydrogen-bond donors (Lipinski definition) is 1. The number of ether oxygens (including phenoxy) is 1. The van der Waals surface area contributed by atoms with Crippen LogP contribution in [0.2, 0.25) is 0 Å². The van der Waals surface area contributed by atoms with E-state index in [1.807, 2.05) is 55.5 Å². The van der Waals surface area contributed by atoms with Gasteiger partial charge in [-0.05, 0) is 48.7 Å². The van der Waals surface area contributed by atoms with Crippen molar-refractivity contribution in [2.24, 2.45) is 0 Å². The molecule has 0 saturated heterocycles. The van der Waals surface area contributed by atoms with Gasteiger partial charge < -0.3 is 10.1 Å². The number of thioether (sulfide) groups is 1. The molecule has 2 aromatic carbocycles. The van der Waals surface area contributed by atoms with E-state index in [4.69, 9.17) is 4.74 Å². The van der Waals surface area contributed by atoms with Crippen LogP contribution in [-0.2, 0) is 20.7 Å². The number of esters is 1. The average molecular weight is 422 g/mol. The molecule has 0 spiro atoms. The van der Waals surface area contributed by atoms with Gasteiger partial charge >= 0.3 is 5.97 Å². The molecule has 0 aliphatic heterocycles. The number of rotatable bonds is 8. The molecule has 0 heterocycles. The Hall–Kier alpha value is -1.79. The van der Waals surface area contributed by atoms with E-state index in [1.54, 1.807) is 0 Å². The van der Waals surface area contributed by atoms with E-state index in [1.165, 1.54) is 22.9 Å². The van der Waals surface area contributed by atoms with Crippen LogP contribution in [0.15, 0.2) is 57.9 Å². The molecular formula is C19H20BrNO3S. The van der Waals surface area contributed by atoms with Crippen LogP contribution in [0.1, 0.15) is 11.1 Å². The van der Waals surface area contributed by atoms with Crippen molar-refractivity contribution in [3.05, 3.63) is 64.1 Å². The zero-order chi connectivity index (χ0) is 18.1. The van der Waals surface area contributed by atoms with E-state index < -0.39 is 5.97 Å². The predicted molar refractivity (Wildman–Crippen MR) is 104 cm³/mol. The van der Waals surface area contributed by atoms with E-state index in [0.29, 0.717) is 6.54 Å². The van der Waals surface area contributed by atoms with Crippen LogP contribution in [0, 0.1) is 6.92 Å². The highest BCUT2D eigenvalue weighted by atomic mass is 79.9. The van der Waals surface area contributed by atoms with Gasteiger partial charge in [0.2, 0.25) is 0 Å². The van der Waals surface area contributed by atoms with Crippen LogP contribution < -0.4 is 5.32 Å². The number of carbonyl (C=O) groups is 2. The second-order valence-electron chi connectivity index (χ2n) is 5.43. The highest BCUT2D eigenvalue weighted by Crippen LogP contribution is 2.20. The van der Waals surface area contributed by atoms with Gasteiger partial charge in [-0.1, -0.05) is 40.2 Å². The number of nitrogens with one attached hydrogen (secondary N) is 1. The van der Waals surface area contributed by atoms with Gasteiger partial charge in [0.05, 0.1) is 5.75 Å². The van der Waals surface area contributed by atoms with Crippen molar-refractivity contribution in [2.75, 3.05) is 18.9 Å². The summed E-state index contributed by atoms with van der Waals surface area (Å²) in [5.74, 6) is -0.504. The Bertz CT molecular complexity index is 719. The van der Waals surface area contributed by atoms with Crippen molar-refractivity contribution in [1.29, 1.82) is 0 Å². The molecule has 0 bridgehead atoms. The van der Waals surface area contributed by atoms with Gasteiger partial charge in [-0.3, -0.25) is 9.59 Å². The minimum atomic E-state index is -0.401. The quantitative estimate of drug-likeness (QED) is 0.520. The van der Waals surface area contributed by atoms with Crippen LogP contribution in [-0.4, -0.2) is 30.8 Å². The van der Waals surface area contributed by atoms with E-state index in [2.05, 4.69) is 21.2 Å². The first-order valence-electron chi connectivity index (χ1n) is 7.90. The molecule has 0 unspecified atom stereocenters. The number of aryl methyl sites for hydroxylation is 1. The van der Waals surface area contributed by atoms with Crippen molar-refractivity contribution in [1.82, 2.24) is 5.32 Å². The minimum Gasteiger partial charge on any atom is -0.455 e. The number of amides is 1. The van der Waals surface area contributed by atoms with E-state index in [0.717, 1.165) is 15.8 Å². The summed E-state index contributed by atoms with van der Waals surface area (Å²) in [6, 6.07) is 15.7. The molecule has 132 valence electrons. The summed E-state index contributed by atoms with van der Waals surface area (Å²) >= 11 is 4.74. The molecule has 0 atom stereocenters.